The van der Waals surface area contributed by atoms with Crippen molar-refractivity contribution in [2.45, 2.75) is 19.3 Å². The molecule has 0 saturated carbocycles. The maximum absolute atomic E-state index is 13.2. The highest BCUT2D eigenvalue weighted by molar-refractivity contribution is 6.30. The fourth-order valence-electron chi connectivity index (χ4n) is 4.48. The van der Waals surface area contributed by atoms with Crippen molar-refractivity contribution in [3.63, 3.8) is 0 Å². The first-order valence-electron chi connectivity index (χ1n) is 11.2. The van der Waals surface area contributed by atoms with Crippen molar-refractivity contribution < 1.29 is 19.1 Å². The van der Waals surface area contributed by atoms with Gasteiger partial charge in [-0.25, -0.2) is 0 Å². The molecule has 1 atom stereocenters. The van der Waals surface area contributed by atoms with Crippen LogP contribution in [0.15, 0.2) is 48.5 Å². The summed E-state index contributed by atoms with van der Waals surface area (Å²) in [6.45, 7) is 3.76. The van der Waals surface area contributed by atoms with Crippen molar-refractivity contribution >= 4 is 35.0 Å². The molecule has 2 aromatic rings. The van der Waals surface area contributed by atoms with Crippen LogP contribution in [0.5, 0.6) is 5.75 Å². The number of amides is 2. The van der Waals surface area contributed by atoms with Crippen molar-refractivity contribution in [2.24, 2.45) is 5.41 Å². The van der Waals surface area contributed by atoms with Gasteiger partial charge in [0, 0.05) is 53.6 Å². The van der Waals surface area contributed by atoms with Crippen molar-refractivity contribution in [1.82, 2.24) is 9.80 Å². The number of nitrogens with zero attached hydrogens (tertiary/aromatic N) is 2. The summed E-state index contributed by atoms with van der Waals surface area (Å²) in [5.41, 5.74) is 0.114. The Morgan fingerprint density at radius 2 is 1.55 bits per heavy atom. The van der Waals surface area contributed by atoms with Gasteiger partial charge in [-0.2, -0.15) is 0 Å². The van der Waals surface area contributed by atoms with Crippen LogP contribution >= 0.6 is 23.2 Å². The van der Waals surface area contributed by atoms with Gasteiger partial charge in [0.05, 0.1) is 19.8 Å². The van der Waals surface area contributed by atoms with E-state index in [4.69, 9.17) is 32.7 Å². The van der Waals surface area contributed by atoms with E-state index in [9.17, 15) is 9.59 Å². The van der Waals surface area contributed by atoms with Crippen LogP contribution in [0.25, 0.3) is 0 Å². The third-order valence-electron chi connectivity index (χ3n) is 6.29. The van der Waals surface area contributed by atoms with Crippen LogP contribution in [0.4, 0.5) is 0 Å². The van der Waals surface area contributed by atoms with E-state index in [0.29, 0.717) is 73.8 Å². The number of ether oxygens (including phenoxy) is 2. The van der Waals surface area contributed by atoms with Crippen LogP contribution in [-0.2, 0) is 9.53 Å². The van der Waals surface area contributed by atoms with Crippen molar-refractivity contribution in [3.05, 3.63) is 64.1 Å². The van der Waals surface area contributed by atoms with E-state index in [0.717, 1.165) is 12.8 Å². The molecule has 33 heavy (non-hydrogen) atoms. The lowest BCUT2D eigenvalue weighted by molar-refractivity contribution is -0.139. The van der Waals surface area contributed by atoms with Gasteiger partial charge in [0.1, 0.15) is 5.75 Å². The van der Waals surface area contributed by atoms with Crippen molar-refractivity contribution in [3.8, 4) is 5.75 Å². The van der Waals surface area contributed by atoms with Crippen LogP contribution < -0.4 is 4.74 Å². The average Bonchev–Trinajstić information content (AvgIpc) is 2.84. The fraction of sp³-hybridized carbons (Fsp3) is 0.440. The highest BCUT2D eigenvalue weighted by Crippen LogP contribution is 2.36. The molecule has 0 radical (unpaired) electrons. The van der Waals surface area contributed by atoms with E-state index in [1.165, 1.54) is 0 Å². The van der Waals surface area contributed by atoms with E-state index in [2.05, 4.69) is 0 Å². The second kappa shape index (κ2) is 10.8. The lowest BCUT2D eigenvalue weighted by Crippen LogP contribution is -2.52. The molecule has 2 heterocycles. The number of rotatable bonds is 6. The Morgan fingerprint density at radius 3 is 2.21 bits per heavy atom. The number of carbonyl (C=O) groups excluding carboxylic acids is 2. The monoisotopic (exact) mass is 490 g/mol. The van der Waals surface area contributed by atoms with E-state index in [-0.39, 0.29) is 11.8 Å². The van der Waals surface area contributed by atoms with Gasteiger partial charge in [0.2, 0.25) is 5.91 Å². The number of piperidine rings is 1. The van der Waals surface area contributed by atoms with E-state index < -0.39 is 5.41 Å². The molecule has 0 N–H and O–H groups in total. The molecule has 4 rings (SSSR count). The third-order valence-corrected chi connectivity index (χ3v) is 6.79. The predicted octanol–water partition coefficient (Wildman–Crippen LogP) is 4.54. The lowest BCUT2D eigenvalue weighted by Gasteiger charge is -2.43. The molecule has 8 heteroatoms. The largest absolute Gasteiger partial charge is 0.493 e. The molecule has 6 nitrogen and oxygen atoms in total. The van der Waals surface area contributed by atoms with E-state index in [1.54, 1.807) is 36.4 Å². The maximum Gasteiger partial charge on any atom is 0.253 e. The van der Waals surface area contributed by atoms with Gasteiger partial charge >= 0.3 is 0 Å². The highest BCUT2D eigenvalue weighted by atomic mass is 35.5. The minimum Gasteiger partial charge on any atom is -0.493 e. The topological polar surface area (TPSA) is 59.1 Å². The number of hydrogen-bond acceptors (Lipinski definition) is 4. The normalized spacial score (nSPS) is 21.0. The van der Waals surface area contributed by atoms with Gasteiger partial charge in [0.25, 0.3) is 5.91 Å². The standard InChI is InChI=1S/C25H28Cl2N2O4/c26-20-4-2-19(3-5-20)24(31)29-11-1-10-25(17-29,16-23(30)28-12-14-32-15-13-28)18-33-22-8-6-21(27)7-9-22/h2-9H,1,10-18H2/t25-/m0/s1. The third kappa shape index (κ3) is 6.19. The highest BCUT2D eigenvalue weighted by Gasteiger charge is 2.41. The van der Waals surface area contributed by atoms with Gasteiger partial charge in [0.15, 0.2) is 0 Å². The Labute approximate surface area is 204 Å². The zero-order chi connectivity index (χ0) is 23.3. The molecule has 2 saturated heterocycles. The van der Waals surface area contributed by atoms with Gasteiger partial charge in [-0.1, -0.05) is 23.2 Å². The SMILES string of the molecule is O=C(C[C@@]1(COc2ccc(Cl)cc2)CCCN(C(=O)c2ccc(Cl)cc2)C1)N1CCOCC1. The summed E-state index contributed by atoms with van der Waals surface area (Å²) in [4.78, 5) is 30.1. The summed E-state index contributed by atoms with van der Waals surface area (Å²) in [5.74, 6) is 0.721. The molecule has 0 aliphatic carbocycles. The summed E-state index contributed by atoms with van der Waals surface area (Å²) in [7, 11) is 0. The first-order valence-corrected chi connectivity index (χ1v) is 12.0. The first-order chi connectivity index (χ1) is 15.9. The smallest absolute Gasteiger partial charge is 0.253 e. The van der Waals surface area contributed by atoms with Crippen LogP contribution in [0.2, 0.25) is 10.0 Å². The molecule has 0 unspecified atom stereocenters. The number of halogens is 2. The van der Waals surface area contributed by atoms with Crippen LogP contribution in [0, 0.1) is 5.41 Å². The molecular weight excluding hydrogens is 463 g/mol. The van der Waals surface area contributed by atoms with Crippen LogP contribution in [-0.4, -0.2) is 67.6 Å². The first kappa shape index (κ1) is 23.9. The molecule has 2 fully saturated rings. The predicted molar refractivity (Wildman–Crippen MR) is 128 cm³/mol. The molecule has 2 amide bonds. The summed E-state index contributed by atoms with van der Waals surface area (Å²) < 4.78 is 11.5. The quantitative estimate of drug-likeness (QED) is 0.596. The van der Waals surface area contributed by atoms with Crippen molar-refractivity contribution in [2.75, 3.05) is 46.0 Å². The van der Waals surface area contributed by atoms with E-state index in [1.807, 2.05) is 21.9 Å². The van der Waals surface area contributed by atoms with Gasteiger partial charge in [-0.15, -0.1) is 0 Å². The molecule has 2 aliphatic rings. The average molecular weight is 491 g/mol. The molecule has 2 aliphatic heterocycles. The van der Waals surface area contributed by atoms with E-state index >= 15 is 0 Å². The Bertz CT molecular complexity index is 961. The molecule has 0 spiro atoms. The number of morpholine rings is 1. The number of likely N-dealkylation sites (tertiary alicyclic amines) is 1. The summed E-state index contributed by atoms with van der Waals surface area (Å²) >= 11 is 12.0. The second-order valence-corrected chi connectivity index (χ2v) is 9.62. The zero-order valence-electron chi connectivity index (χ0n) is 18.5. The summed E-state index contributed by atoms with van der Waals surface area (Å²) in [6, 6.07) is 14.1. The maximum atomic E-state index is 13.2. The zero-order valence-corrected chi connectivity index (χ0v) is 20.0. The molecule has 0 bridgehead atoms. The second-order valence-electron chi connectivity index (χ2n) is 8.75. The minimum absolute atomic E-state index is 0.0546. The number of hydrogen-bond donors (Lipinski definition) is 0. The van der Waals surface area contributed by atoms with Crippen LogP contribution in [0.1, 0.15) is 29.6 Å². The summed E-state index contributed by atoms with van der Waals surface area (Å²) in [5, 5.41) is 1.23. The Morgan fingerprint density at radius 1 is 0.909 bits per heavy atom. The summed E-state index contributed by atoms with van der Waals surface area (Å²) in [6.07, 6.45) is 1.94. The van der Waals surface area contributed by atoms with Gasteiger partial charge < -0.3 is 19.3 Å². The molecule has 2 aromatic carbocycles. The number of carbonyl (C=O) groups is 2. The molecule has 176 valence electrons. The lowest BCUT2D eigenvalue weighted by atomic mass is 9.77. The molecular formula is C25H28Cl2N2O4. The molecule has 0 aromatic heterocycles. The van der Waals surface area contributed by atoms with Crippen LogP contribution in [0.3, 0.4) is 0 Å². The Hall–Kier alpha value is -2.28. The van der Waals surface area contributed by atoms with Crippen molar-refractivity contribution in [1.29, 1.82) is 0 Å². The van der Waals surface area contributed by atoms with Gasteiger partial charge in [-0.3, -0.25) is 9.59 Å². The fourth-order valence-corrected chi connectivity index (χ4v) is 4.73. The minimum atomic E-state index is -0.477. The van der Waals surface area contributed by atoms with Gasteiger partial charge in [-0.05, 0) is 61.4 Å². The Kier molecular flexibility index (Phi) is 7.78. The Balaban J connectivity index is 1.52. The number of benzene rings is 2.